The van der Waals surface area contributed by atoms with Crippen molar-refractivity contribution in [2.24, 2.45) is 5.73 Å². The number of amides is 1. The van der Waals surface area contributed by atoms with E-state index >= 15 is 0 Å². The number of imidazole rings is 1. The second-order valence-corrected chi connectivity index (χ2v) is 4.07. The number of pyridine rings is 1. The van der Waals surface area contributed by atoms with Gasteiger partial charge in [0.25, 0.3) is 5.91 Å². The normalized spacial score (nSPS) is 10.6. The number of carbonyl (C=O) groups excluding carboxylic acids is 1. The summed E-state index contributed by atoms with van der Waals surface area (Å²) < 4.78 is 1.67. The Labute approximate surface area is 113 Å². The molecule has 0 aliphatic heterocycles. The van der Waals surface area contributed by atoms with Crippen LogP contribution in [0.4, 0.5) is 0 Å². The second-order valence-electron chi connectivity index (χ2n) is 4.07. The minimum absolute atomic E-state index is 0.375. The van der Waals surface area contributed by atoms with Crippen LogP contribution in [0.15, 0.2) is 36.9 Å². The van der Waals surface area contributed by atoms with Crippen LogP contribution in [0.1, 0.15) is 10.4 Å². The van der Waals surface area contributed by atoms with E-state index in [9.17, 15) is 4.79 Å². The topological polar surface area (TPSA) is 125 Å². The largest absolute Gasteiger partial charge is 0.370 e. The van der Waals surface area contributed by atoms with Crippen molar-refractivity contribution >= 4 is 22.9 Å². The van der Waals surface area contributed by atoms with Gasteiger partial charge in [0, 0.05) is 30.2 Å². The van der Waals surface area contributed by atoms with Crippen LogP contribution < -0.4 is 11.1 Å². The Morgan fingerprint density at radius 1 is 1.40 bits per heavy atom. The predicted molar refractivity (Wildman–Crippen MR) is 72.6 cm³/mol. The number of hydrogen-bond donors (Lipinski definition) is 4. The number of aromatic amines is 1. The molecule has 0 saturated carbocycles. The third kappa shape index (κ3) is 1.88. The number of fused-ring (bicyclic) bond motifs is 1. The summed E-state index contributed by atoms with van der Waals surface area (Å²) in [6.07, 6.45) is 6.53. The molecular formula is C12H11N7O. The first-order valence-corrected chi connectivity index (χ1v) is 5.78. The van der Waals surface area contributed by atoms with E-state index < -0.39 is 11.9 Å². The minimum atomic E-state index is -0.458. The quantitative estimate of drug-likeness (QED) is 0.396. The number of guanidine groups is 1. The molecule has 3 aromatic heterocycles. The molecule has 0 fully saturated rings. The lowest BCUT2D eigenvalue weighted by molar-refractivity contribution is 0.0978. The fourth-order valence-electron chi connectivity index (χ4n) is 1.98. The summed E-state index contributed by atoms with van der Waals surface area (Å²) in [5, 5.41) is 10.0. The first-order valence-electron chi connectivity index (χ1n) is 5.78. The number of carbonyl (C=O) groups is 1. The smallest absolute Gasteiger partial charge is 0.260 e. The highest BCUT2D eigenvalue weighted by Crippen LogP contribution is 2.21. The lowest BCUT2D eigenvalue weighted by Gasteiger charge is -1.99. The van der Waals surface area contributed by atoms with Gasteiger partial charge in [-0.1, -0.05) is 0 Å². The van der Waals surface area contributed by atoms with Gasteiger partial charge in [-0.2, -0.15) is 0 Å². The van der Waals surface area contributed by atoms with Crippen molar-refractivity contribution in [2.75, 3.05) is 0 Å². The summed E-state index contributed by atoms with van der Waals surface area (Å²) in [5.74, 6) is -0.311. The molecule has 3 aromatic rings. The molecule has 0 aromatic carbocycles. The molecule has 100 valence electrons. The van der Waals surface area contributed by atoms with Gasteiger partial charge in [0.05, 0.1) is 5.56 Å². The van der Waals surface area contributed by atoms with Gasteiger partial charge in [-0.15, -0.1) is 0 Å². The standard InChI is InChI=1S/C12H11N7O/c13-11(14)18-10(20)8-6-19(12-16-4-5-17-12)9-7(8)2-1-3-15-9/h1-6H,(H,16,17)(H4,13,14,18,20). The lowest BCUT2D eigenvalue weighted by atomic mass is 10.2. The number of aromatic nitrogens is 4. The van der Waals surface area contributed by atoms with Crippen molar-refractivity contribution in [1.29, 1.82) is 5.41 Å². The van der Waals surface area contributed by atoms with Crippen molar-refractivity contribution in [2.45, 2.75) is 0 Å². The number of nitrogens with zero attached hydrogens (tertiary/aromatic N) is 3. The van der Waals surface area contributed by atoms with Crippen molar-refractivity contribution in [3.8, 4) is 5.95 Å². The molecule has 0 radical (unpaired) electrons. The minimum Gasteiger partial charge on any atom is -0.370 e. The fourth-order valence-corrected chi connectivity index (χ4v) is 1.98. The van der Waals surface area contributed by atoms with E-state index in [-0.39, 0.29) is 0 Å². The average molecular weight is 269 g/mol. The molecule has 5 N–H and O–H groups in total. The van der Waals surface area contributed by atoms with E-state index in [2.05, 4.69) is 20.3 Å². The molecule has 0 aliphatic rings. The van der Waals surface area contributed by atoms with Crippen molar-refractivity contribution < 1.29 is 4.79 Å². The number of rotatable bonds is 2. The highest BCUT2D eigenvalue weighted by molar-refractivity contribution is 6.11. The summed E-state index contributed by atoms with van der Waals surface area (Å²) in [7, 11) is 0. The Bertz CT molecular complexity index is 787. The third-order valence-electron chi connectivity index (χ3n) is 2.77. The summed E-state index contributed by atoms with van der Waals surface area (Å²) in [6, 6.07) is 3.51. The zero-order chi connectivity index (χ0) is 14.1. The van der Waals surface area contributed by atoms with Crippen molar-refractivity contribution in [3.05, 3.63) is 42.5 Å². The Kier molecular flexibility index (Phi) is 2.68. The number of H-pyrrole nitrogens is 1. The molecule has 0 saturated heterocycles. The van der Waals surface area contributed by atoms with Crippen LogP contribution in [0.2, 0.25) is 0 Å². The zero-order valence-corrected chi connectivity index (χ0v) is 10.3. The van der Waals surface area contributed by atoms with Gasteiger partial charge in [-0.05, 0) is 12.1 Å². The second kappa shape index (κ2) is 4.50. The number of hydrogen-bond acceptors (Lipinski definition) is 4. The van der Waals surface area contributed by atoms with Crippen LogP contribution in [0.3, 0.4) is 0 Å². The molecule has 0 bridgehead atoms. The third-order valence-corrected chi connectivity index (χ3v) is 2.77. The van der Waals surface area contributed by atoms with Gasteiger partial charge in [0.1, 0.15) is 5.65 Å². The van der Waals surface area contributed by atoms with Gasteiger partial charge < -0.3 is 10.7 Å². The maximum absolute atomic E-state index is 12.0. The highest BCUT2D eigenvalue weighted by Gasteiger charge is 2.17. The molecule has 3 heterocycles. The van der Waals surface area contributed by atoms with Crippen LogP contribution >= 0.6 is 0 Å². The summed E-state index contributed by atoms with van der Waals surface area (Å²) in [4.78, 5) is 23.4. The SMILES string of the molecule is N=C(N)NC(=O)c1cn(-c2ncc[nH]2)c2ncccc12. The molecule has 8 heteroatoms. The molecule has 0 unspecified atom stereocenters. The molecule has 0 atom stereocenters. The van der Waals surface area contributed by atoms with E-state index in [0.717, 1.165) is 0 Å². The number of nitrogens with one attached hydrogen (secondary N) is 3. The molecule has 0 aliphatic carbocycles. The molecule has 3 rings (SSSR count). The van der Waals surface area contributed by atoms with E-state index in [1.54, 1.807) is 41.5 Å². The monoisotopic (exact) mass is 269 g/mol. The molecule has 0 spiro atoms. The molecule has 1 amide bonds. The van der Waals surface area contributed by atoms with Crippen molar-refractivity contribution in [3.63, 3.8) is 0 Å². The zero-order valence-electron chi connectivity index (χ0n) is 10.3. The molecular weight excluding hydrogens is 258 g/mol. The number of nitrogens with two attached hydrogens (primary N) is 1. The Morgan fingerprint density at radius 3 is 2.95 bits per heavy atom. The lowest BCUT2D eigenvalue weighted by Crippen LogP contribution is -2.35. The van der Waals surface area contributed by atoms with Crippen molar-refractivity contribution in [1.82, 2.24) is 24.8 Å². The fraction of sp³-hybridized carbons (Fsp3) is 0. The van der Waals surface area contributed by atoms with E-state index in [1.807, 2.05) is 0 Å². The van der Waals surface area contributed by atoms with Gasteiger partial charge >= 0.3 is 0 Å². The maximum atomic E-state index is 12.0. The first kappa shape index (κ1) is 11.9. The van der Waals surface area contributed by atoms with E-state index in [0.29, 0.717) is 22.5 Å². The van der Waals surface area contributed by atoms with Crippen LogP contribution in [0.25, 0.3) is 17.0 Å². The summed E-state index contributed by atoms with van der Waals surface area (Å²) in [6.45, 7) is 0. The van der Waals surface area contributed by atoms with Gasteiger partial charge in [-0.3, -0.25) is 20.1 Å². The first-order chi connectivity index (χ1) is 9.66. The van der Waals surface area contributed by atoms with E-state index in [1.165, 1.54) is 0 Å². The Balaban J connectivity index is 2.19. The predicted octanol–water partition coefficient (Wildman–Crippen LogP) is 0.372. The molecule has 20 heavy (non-hydrogen) atoms. The highest BCUT2D eigenvalue weighted by atomic mass is 16.1. The maximum Gasteiger partial charge on any atom is 0.260 e. The van der Waals surface area contributed by atoms with E-state index in [4.69, 9.17) is 11.1 Å². The van der Waals surface area contributed by atoms with Crippen LogP contribution in [0.5, 0.6) is 0 Å². The van der Waals surface area contributed by atoms with Crippen LogP contribution in [-0.2, 0) is 0 Å². The summed E-state index contributed by atoms with van der Waals surface area (Å²) >= 11 is 0. The Morgan fingerprint density at radius 2 is 2.25 bits per heavy atom. The van der Waals surface area contributed by atoms with Gasteiger partial charge in [0.2, 0.25) is 5.95 Å². The Hall–Kier alpha value is -3.16. The average Bonchev–Trinajstić information content (AvgIpc) is 3.04. The summed E-state index contributed by atoms with van der Waals surface area (Å²) in [5.41, 5.74) is 6.15. The molecule has 8 nitrogen and oxygen atoms in total. The van der Waals surface area contributed by atoms with Gasteiger partial charge in [-0.25, -0.2) is 9.97 Å². The van der Waals surface area contributed by atoms with Crippen LogP contribution in [0, 0.1) is 5.41 Å². The van der Waals surface area contributed by atoms with Gasteiger partial charge in [0.15, 0.2) is 5.96 Å². The van der Waals surface area contributed by atoms with Crippen LogP contribution in [-0.4, -0.2) is 31.4 Å².